The lowest BCUT2D eigenvalue weighted by molar-refractivity contribution is -0.133. The van der Waals surface area contributed by atoms with Crippen LogP contribution in [0.2, 0.25) is 0 Å². The Bertz CT molecular complexity index is 836. The predicted molar refractivity (Wildman–Crippen MR) is 112 cm³/mol. The summed E-state index contributed by atoms with van der Waals surface area (Å²) in [7, 11) is 1.99. The van der Waals surface area contributed by atoms with Crippen LogP contribution in [-0.4, -0.2) is 68.7 Å². The zero-order valence-electron chi connectivity index (χ0n) is 16.9. The third-order valence-corrected chi connectivity index (χ3v) is 5.93. The summed E-state index contributed by atoms with van der Waals surface area (Å²) in [6, 6.07) is 15.0. The van der Waals surface area contributed by atoms with Gasteiger partial charge >= 0.3 is 0 Å². The minimum Gasteiger partial charge on any atom is -0.378 e. The van der Waals surface area contributed by atoms with Crippen LogP contribution in [-0.2, 0) is 16.0 Å². The second-order valence-corrected chi connectivity index (χ2v) is 7.80. The number of morpholine rings is 1. The maximum absolute atomic E-state index is 14.3. The van der Waals surface area contributed by atoms with E-state index in [0.29, 0.717) is 25.1 Å². The number of nitrogens with zero attached hydrogens (tertiary/aromatic N) is 3. The van der Waals surface area contributed by atoms with Crippen LogP contribution in [0.15, 0.2) is 48.5 Å². The first kappa shape index (κ1) is 19.9. The van der Waals surface area contributed by atoms with Crippen LogP contribution in [0.3, 0.4) is 0 Å². The van der Waals surface area contributed by atoms with Crippen LogP contribution in [0.25, 0.3) is 0 Å². The molecule has 0 aromatic heterocycles. The Labute approximate surface area is 171 Å². The average Bonchev–Trinajstić information content (AvgIpc) is 2.76. The number of hydrogen-bond acceptors (Lipinski definition) is 4. The maximum atomic E-state index is 14.3. The van der Waals surface area contributed by atoms with E-state index in [1.54, 1.807) is 6.07 Å². The molecule has 4 rings (SSSR count). The summed E-state index contributed by atoms with van der Waals surface area (Å²) in [5.74, 6) is -0.115. The Morgan fingerprint density at radius 1 is 1.03 bits per heavy atom. The number of amides is 1. The van der Waals surface area contributed by atoms with Crippen molar-refractivity contribution in [3.8, 4) is 0 Å². The van der Waals surface area contributed by atoms with Gasteiger partial charge in [-0.05, 0) is 30.8 Å². The van der Waals surface area contributed by atoms with Crippen LogP contribution < -0.4 is 4.90 Å². The van der Waals surface area contributed by atoms with E-state index in [2.05, 4.69) is 21.9 Å². The van der Waals surface area contributed by atoms with E-state index in [9.17, 15) is 9.18 Å². The van der Waals surface area contributed by atoms with Crippen molar-refractivity contribution in [2.24, 2.45) is 0 Å². The Kier molecular flexibility index (Phi) is 6.11. The summed E-state index contributed by atoms with van der Waals surface area (Å²) in [6.45, 7) is 5.24. The number of carbonyl (C=O) groups excluding carboxylic acids is 1. The van der Waals surface area contributed by atoms with Crippen molar-refractivity contribution in [1.82, 2.24) is 9.80 Å². The number of anilines is 1. The topological polar surface area (TPSA) is 36.0 Å². The monoisotopic (exact) mass is 397 g/mol. The first-order chi connectivity index (χ1) is 14.1. The highest BCUT2D eigenvalue weighted by molar-refractivity contribution is 5.79. The molecule has 1 amide bonds. The molecule has 2 aromatic rings. The minimum atomic E-state index is -0.211. The normalized spacial score (nSPS) is 20.7. The fourth-order valence-electron chi connectivity index (χ4n) is 4.11. The van der Waals surface area contributed by atoms with Gasteiger partial charge in [0.1, 0.15) is 5.82 Å². The highest BCUT2D eigenvalue weighted by Gasteiger charge is 2.29. The largest absolute Gasteiger partial charge is 0.378 e. The average molecular weight is 397 g/mol. The molecule has 0 N–H and O–H groups in total. The lowest BCUT2D eigenvalue weighted by Crippen LogP contribution is -2.49. The van der Waals surface area contributed by atoms with Crippen LogP contribution in [0.5, 0.6) is 0 Å². The lowest BCUT2D eigenvalue weighted by Gasteiger charge is -2.40. The summed E-state index contributed by atoms with van der Waals surface area (Å²) in [6.07, 6.45) is 0.372. The number of likely N-dealkylation sites (N-methyl/N-ethyl adjacent to an activating group) is 1. The highest BCUT2D eigenvalue weighted by Crippen LogP contribution is 2.26. The van der Waals surface area contributed by atoms with Crippen molar-refractivity contribution in [3.63, 3.8) is 0 Å². The van der Waals surface area contributed by atoms with Gasteiger partial charge in [-0.15, -0.1) is 0 Å². The molecule has 154 valence electrons. The van der Waals surface area contributed by atoms with Crippen molar-refractivity contribution in [3.05, 3.63) is 65.5 Å². The molecule has 2 heterocycles. The molecular weight excluding hydrogens is 369 g/mol. The fraction of sp³-hybridized carbons (Fsp3) is 0.435. The van der Waals surface area contributed by atoms with Crippen LogP contribution in [0.4, 0.5) is 10.1 Å². The zero-order chi connectivity index (χ0) is 20.2. The van der Waals surface area contributed by atoms with Gasteiger partial charge in [0.25, 0.3) is 0 Å². The number of hydrogen-bond donors (Lipinski definition) is 0. The molecule has 1 unspecified atom stereocenters. The van der Waals surface area contributed by atoms with E-state index in [4.69, 9.17) is 4.74 Å². The van der Waals surface area contributed by atoms with E-state index in [1.807, 2.05) is 36.2 Å². The zero-order valence-corrected chi connectivity index (χ0v) is 16.9. The molecule has 6 heteroatoms. The van der Waals surface area contributed by atoms with E-state index >= 15 is 0 Å². The second-order valence-electron chi connectivity index (χ2n) is 7.80. The first-order valence-corrected chi connectivity index (χ1v) is 10.3. The number of halogens is 1. The number of benzene rings is 2. The molecule has 0 spiro atoms. The van der Waals surface area contributed by atoms with Gasteiger partial charge in [0, 0.05) is 44.0 Å². The Balaban J connectivity index is 1.39. The number of ether oxygens (including phenoxy) is 1. The molecular formula is C23H28FN3O2. The maximum Gasteiger partial charge on any atom is 0.227 e. The predicted octanol–water partition coefficient (Wildman–Crippen LogP) is 2.72. The van der Waals surface area contributed by atoms with E-state index in [0.717, 1.165) is 38.4 Å². The van der Waals surface area contributed by atoms with E-state index < -0.39 is 0 Å². The van der Waals surface area contributed by atoms with Crippen molar-refractivity contribution in [2.75, 3.05) is 57.9 Å². The number of carbonyl (C=O) groups is 1. The van der Waals surface area contributed by atoms with Crippen molar-refractivity contribution in [1.29, 1.82) is 0 Å². The molecule has 0 bridgehead atoms. The van der Waals surface area contributed by atoms with Gasteiger partial charge in [0.2, 0.25) is 5.91 Å². The minimum absolute atomic E-state index is 0.0959. The van der Waals surface area contributed by atoms with Gasteiger partial charge in [-0.1, -0.05) is 30.3 Å². The highest BCUT2D eigenvalue weighted by atomic mass is 19.1. The number of piperazine rings is 1. The summed E-state index contributed by atoms with van der Waals surface area (Å²) in [4.78, 5) is 19.2. The first-order valence-electron chi connectivity index (χ1n) is 10.3. The second kappa shape index (κ2) is 8.93. The Hall–Kier alpha value is -2.44. The van der Waals surface area contributed by atoms with Crippen molar-refractivity contribution >= 4 is 11.6 Å². The molecule has 2 aromatic carbocycles. The van der Waals surface area contributed by atoms with Crippen molar-refractivity contribution < 1.29 is 13.9 Å². The smallest absolute Gasteiger partial charge is 0.227 e. The molecule has 0 saturated carbocycles. The molecule has 2 aliphatic heterocycles. The SMILES string of the molecule is CN1CCN(C(=O)Cc2ccc(N3CCOCC3)cc2)CC1c1ccccc1F. The summed E-state index contributed by atoms with van der Waals surface area (Å²) in [5.41, 5.74) is 2.83. The molecule has 2 saturated heterocycles. The molecule has 29 heavy (non-hydrogen) atoms. The molecule has 1 atom stereocenters. The summed E-state index contributed by atoms with van der Waals surface area (Å²) >= 11 is 0. The van der Waals surface area contributed by atoms with E-state index in [-0.39, 0.29) is 17.8 Å². The van der Waals surface area contributed by atoms with Crippen LogP contribution in [0, 0.1) is 5.82 Å². The third kappa shape index (κ3) is 4.60. The molecule has 0 radical (unpaired) electrons. The lowest BCUT2D eigenvalue weighted by atomic mass is 10.0. The van der Waals surface area contributed by atoms with Gasteiger partial charge in [-0.3, -0.25) is 9.69 Å². The standard InChI is InChI=1S/C23H28FN3O2/c1-25-10-11-27(17-22(25)20-4-2-3-5-21(20)24)23(28)16-18-6-8-19(9-7-18)26-12-14-29-15-13-26/h2-9,22H,10-17H2,1H3. The number of rotatable bonds is 4. The van der Waals surface area contributed by atoms with Gasteiger partial charge in [0.15, 0.2) is 0 Å². The van der Waals surface area contributed by atoms with Gasteiger partial charge in [-0.2, -0.15) is 0 Å². The van der Waals surface area contributed by atoms with Crippen LogP contribution in [0.1, 0.15) is 17.2 Å². The van der Waals surface area contributed by atoms with Crippen molar-refractivity contribution in [2.45, 2.75) is 12.5 Å². The molecule has 0 aliphatic carbocycles. The fourth-order valence-corrected chi connectivity index (χ4v) is 4.11. The van der Waals surface area contributed by atoms with Gasteiger partial charge < -0.3 is 14.5 Å². The molecule has 2 fully saturated rings. The Morgan fingerprint density at radius 2 is 1.76 bits per heavy atom. The molecule has 2 aliphatic rings. The van der Waals surface area contributed by atoms with Gasteiger partial charge in [0.05, 0.1) is 25.7 Å². The summed E-state index contributed by atoms with van der Waals surface area (Å²) in [5, 5.41) is 0. The van der Waals surface area contributed by atoms with E-state index in [1.165, 1.54) is 11.8 Å². The third-order valence-electron chi connectivity index (χ3n) is 5.93. The van der Waals surface area contributed by atoms with Crippen LogP contribution >= 0.6 is 0 Å². The molecule has 5 nitrogen and oxygen atoms in total. The van der Waals surface area contributed by atoms with Gasteiger partial charge in [-0.25, -0.2) is 4.39 Å². The Morgan fingerprint density at radius 3 is 2.48 bits per heavy atom. The quantitative estimate of drug-likeness (QED) is 0.795. The summed E-state index contributed by atoms with van der Waals surface area (Å²) < 4.78 is 19.7.